The van der Waals surface area contributed by atoms with Gasteiger partial charge in [-0.3, -0.25) is 9.69 Å². The van der Waals surface area contributed by atoms with Gasteiger partial charge in [-0.25, -0.2) is 0 Å². The van der Waals surface area contributed by atoms with Gasteiger partial charge in [-0.1, -0.05) is 69.7 Å². The summed E-state index contributed by atoms with van der Waals surface area (Å²) in [5.41, 5.74) is 2.07. The second kappa shape index (κ2) is 16.7. The average molecular weight is 538 g/mol. The van der Waals surface area contributed by atoms with Crippen LogP contribution in [0.3, 0.4) is 0 Å². The van der Waals surface area contributed by atoms with Gasteiger partial charge >= 0.3 is 5.97 Å². The summed E-state index contributed by atoms with van der Waals surface area (Å²) in [6.07, 6.45) is 9.26. The van der Waals surface area contributed by atoms with Gasteiger partial charge in [-0.05, 0) is 42.7 Å². The van der Waals surface area contributed by atoms with Crippen LogP contribution >= 0.6 is 11.6 Å². The first kappa shape index (κ1) is 30.4. The van der Waals surface area contributed by atoms with Crippen molar-refractivity contribution in [3.8, 4) is 0 Å². The summed E-state index contributed by atoms with van der Waals surface area (Å²) in [5.74, 6) is 0.171. The number of ether oxygens (including phenoxy) is 2. The molecule has 1 saturated carbocycles. The van der Waals surface area contributed by atoms with Crippen molar-refractivity contribution in [2.75, 3.05) is 39.5 Å². The monoisotopic (exact) mass is 537 g/mol. The summed E-state index contributed by atoms with van der Waals surface area (Å²) < 4.78 is 10.7. The Kier molecular flexibility index (Phi) is 13.7. The Bertz CT molecular complexity index is 770. The smallest absolute Gasteiger partial charge is 0.305 e. The molecule has 0 spiro atoms. The van der Waals surface area contributed by atoms with Gasteiger partial charge in [0.25, 0.3) is 0 Å². The van der Waals surface area contributed by atoms with Crippen LogP contribution < -0.4 is 0 Å². The molecule has 0 radical (unpaired) electrons. The van der Waals surface area contributed by atoms with Crippen molar-refractivity contribution in [1.29, 1.82) is 0 Å². The largest absolute Gasteiger partial charge is 0.464 e. The van der Waals surface area contributed by atoms with E-state index in [4.69, 9.17) is 21.1 Å². The van der Waals surface area contributed by atoms with Crippen LogP contribution in [0.5, 0.6) is 0 Å². The molecule has 2 aliphatic rings. The number of nitrogens with zero attached hydrogens (tertiary/aromatic N) is 1. The molecule has 0 aromatic heterocycles. The van der Waals surface area contributed by atoms with Gasteiger partial charge < -0.3 is 19.7 Å². The first-order valence-electron chi connectivity index (χ1n) is 14.5. The molecule has 3 rings (SSSR count). The Morgan fingerprint density at radius 1 is 1.11 bits per heavy atom. The number of carbonyl (C=O) groups is 1. The second-order valence-electron chi connectivity index (χ2n) is 10.8. The summed E-state index contributed by atoms with van der Waals surface area (Å²) in [7, 11) is 0. The SMILES string of the molecule is CCCCC[C@@H](O)c1ccc(C2C(CCCCCCC(=O)OCCN3CCOCC3)[C@H](Cl)C[C@H]2O)cc1. The number of carbonyl (C=O) groups excluding carboxylic acids is 1. The Balaban J connectivity index is 1.34. The molecule has 37 heavy (non-hydrogen) atoms. The zero-order chi connectivity index (χ0) is 26.5. The molecule has 1 aliphatic heterocycles. The van der Waals surface area contributed by atoms with E-state index in [9.17, 15) is 15.0 Å². The number of hydrogen-bond donors (Lipinski definition) is 2. The molecule has 1 heterocycles. The molecule has 6 nitrogen and oxygen atoms in total. The molecule has 1 aliphatic carbocycles. The third-order valence-electron chi connectivity index (χ3n) is 8.04. The van der Waals surface area contributed by atoms with E-state index in [1.54, 1.807) is 0 Å². The number of aliphatic hydroxyl groups is 2. The maximum Gasteiger partial charge on any atom is 0.305 e. The third kappa shape index (κ3) is 10.1. The Morgan fingerprint density at radius 2 is 1.84 bits per heavy atom. The lowest BCUT2D eigenvalue weighted by molar-refractivity contribution is -0.144. The lowest BCUT2D eigenvalue weighted by atomic mass is 9.83. The maximum atomic E-state index is 12.0. The van der Waals surface area contributed by atoms with E-state index >= 15 is 0 Å². The van der Waals surface area contributed by atoms with Crippen molar-refractivity contribution in [2.24, 2.45) is 5.92 Å². The number of alkyl halides is 1. The Hall–Kier alpha value is -1.18. The lowest BCUT2D eigenvalue weighted by Gasteiger charge is -2.26. The number of aliphatic hydroxyl groups excluding tert-OH is 2. The van der Waals surface area contributed by atoms with E-state index in [1.165, 1.54) is 0 Å². The molecule has 1 aromatic carbocycles. The van der Waals surface area contributed by atoms with Crippen molar-refractivity contribution in [2.45, 2.75) is 101 Å². The number of hydrogen-bond acceptors (Lipinski definition) is 6. The van der Waals surface area contributed by atoms with Gasteiger partial charge in [0.05, 0.1) is 25.4 Å². The zero-order valence-corrected chi connectivity index (χ0v) is 23.4. The fraction of sp³-hybridized carbons (Fsp3) is 0.767. The molecule has 0 amide bonds. The molecule has 0 bridgehead atoms. The molecule has 2 fully saturated rings. The summed E-state index contributed by atoms with van der Waals surface area (Å²) in [5, 5.41) is 21.2. The van der Waals surface area contributed by atoms with Crippen molar-refractivity contribution in [3.63, 3.8) is 0 Å². The van der Waals surface area contributed by atoms with E-state index in [2.05, 4.69) is 24.0 Å². The minimum Gasteiger partial charge on any atom is -0.464 e. The summed E-state index contributed by atoms with van der Waals surface area (Å²) in [4.78, 5) is 14.3. The molecular formula is C30H48ClNO5. The molecule has 2 unspecified atom stereocenters. The number of benzene rings is 1. The summed E-state index contributed by atoms with van der Waals surface area (Å²) in [6, 6.07) is 8.16. The minimum atomic E-state index is -0.430. The highest BCUT2D eigenvalue weighted by atomic mass is 35.5. The Labute approximate surface area is 228 Å². The molecular weight excluding hydrogens is 490 g/mol. The van der Waals surface area contributed by atoms with Gasteiger partial charge in [0.1, 0.15) is 6.61 Å². The first-order chi connectivity index (χ1) is 18.0. The van der Waals surface area contributed by atoms with Crippen LogP contribution in [0.15, 0.2) is 24.3 Å². The summed E-state index contributed by atoms with van der Waals surface area (Å²) in [6.45, 7) is 6.75. The van der Waals surface area contributed by atoms with Gasteiger partial charge in [-0.2, -0.15) is 0 Å². The van der Waals surface area contributed by atoms with E-state index in [-0.39, 0.29) is 23.2 Å². The van der Waals surface area contributed by atoms with E-state index < -0.39 is 12.2 Å². The highest BCUT2D eigenvalue weighted by molar-refractivity contribution is 6.21. The Morgan fingerprint density at radius 3 is 2.57 bits per heavy atom. The van der Waals surface area contributed by atoms with Gasteiger partial charge in [0.2, 0.25) is 0 Å². The normalized spacial score (nSPS) is 25.3. The quantitative estimate of drug-likeness (QED) is 0.163. The van der Waals surface area contributed by atoms with Crippen LogP contribution in [-0.4, -0.2) is 72.0 Å². The van der Waals surface area contributed by atoms with Crippen LogP contribution in [-0.2, 0) is 14.3 Å². The van der Waals surface area contributed by atoms with E-state index in [0.29, 0.717) is 19.4 Å². The number of unbranched alkanes of at least 4 members (excludes halogenated alkanes) is 5. The zero-order valence-electron chi connectivity index (χ0n) is 22.7. The van der Waals surface area contributed by atoms with Crippen molar-refractivity contribution in [3.05, 3.63) is 35.4 Å². The van der Waals surface area contributed by atoms with Gasteiger partial charge in [0, 0.05) is 37.4 Å². The van der Waals surface area contributed by atoms with Gasteiger partial charge in [-0.15, -0.1) is 11.6 Å². The van der Waals surface area contributed by atoms with Crippen molar-refractivity contribution >= 4 is 17.6 Å². The van der Waals surface area contributed by atoms with Crippen LogP contribution in [0.25, 0.3) is 0 Å². The number of rotatable bonds is 16. The number of esters is 1. The van der Waals surface area contributed by atoms with Gasteiger partial charge in [0.15, 0.2) is 0 Å². The van der Waals surface area contributed by atoms with Crippen LogP contribution in [0.2, 0.25) is 0 Å². The van der Waals surface area contributed by atoms with E-state index in [1.807, 2.05) is 12.1 Å². The molecule has 210 valence electrons. The van der Waals surface area contributed by atoms with Crippen molar-refractivity contribution < 1.29 is 24.5 Å². The average Bonchev–Trinajstić information content (AvgIpc) is 3.19. The molecule has 5 atom stereocenters. The fourth-order valence-corrected chi connectivity index (χ4v) is 6.24. The van der Waals surface area contributed by atoms with Crippen LogP contribution in [0.1, 0.15) is 101 Å². The standard InChI is InChI=1S/C30H48ClNO5/c1-2-3-6-10-27(33)23-12-14-24(15-13-23)30-25(26(31)22-28(30)34)9-7-4-5-8-11-29(35)37-21-18-32-16-19-36-20-17-32/h12-15,25-28,30,33-34H,2-11,16-22H2,1H3/t25?,26-,27-,28-,30?/m1/s1. The number of morpholine rings is 1. The van der Waals surface area contributed by atoms with Crippen LogP contribution in [0.4, 0.5) is 0 Å². The second-order valence-corrected chi connectivity index (χ2v) is 11.4. The summed E-state index contributed by atoms with van der Waals surface area (Å²) >= 11 is 6.69. The predicted molar refractivity (Wildman–Crippen MR) is 148 cm³/mol. The molecule has 2 N–H and O–H groups in total. The fourth-order valence-electron chi connectivity index (χ4n) is 5.78. The third-order valence-corrected chi connectivity index (χ3v) is 8.54. The highest BCUT2D eigenvalue weighted by Gasteiger charge is 2.41. The first-order valence-corrected chi connectivity index (χ1v) is 15.0. The number of halogens is 1. The van der Waals surface area contributed by atoms with E-state index in [0.717, 1.165) is 102 Å². The highest BCUT2D eigenvalue weighted by Crippen LogP contribution is 2.45. The maximum absolute atomic E-state index is 12.0. The molecule has 1 aromatic rings. The topological polar surface area (TPSA) is 79.2 Å². The minimum absolute atomic E-state index is 0.0271. The molecule has 7 heteroatoms. The molecule has 1 saturated heterocycles. The van der Waals surface area contributed by atoms with Crippen molar-refractivity contribution in [1.82, 2.24) is 4.90 Å². The lowest BCUT2D eigenvalue weighted by Crippen LogP contribution is -2.38. The predicted octanol–water partition coefficient (Wildman–Crippen LogP) is 5.59. The van der Waals surface area contributed by atoms with Crippen LogP contribution in [0, 0.1) is 5.92 Å².